The maximum Gasteiger partial charge on any atom is 0.337 e. The highest BCUT2D eigenvalue weighted by Gasteiger charge is 2.26. The Kier molecular flexibility index (Phi) is 5.63. The van der Waals surface area contributed by atoms with Crippen molar-refractivity contribution in [1.82, 2.24) is 4.90 Å². The van der Waals surface area contributed by atoms with Gasteiger partial charge >= 0.3 is 5.97 Å². The Morgan fingerprint density at radius 3 is 2.58 bits per heavy atom. The highest BCUT2D eigenvalue weighted by atomic mass is 16.4. The molecule has 2 N–H and O–H groups in total. The van der Waals surface area contributed by atoms with E-state index in [2.05, 4.69) is 5.32 Å². The second-order valence-corrected chi connectivity index (χ2v) is 9.37. The van der Waals surface area contributed by atoms with Crippen LogP contribution >= 0.6 is 0 Å². The van der Waals surface area contributed by atoms with Gasteiger partial charge in [-0.3, -0.25) is 9.59 Å². The fraction of sp³-hybridized carbons (Fsp3) is 0.207. The molecule has 0 saturated carbocycles. The Hall–Kier alpha value is -4.39. The van der Waals surface area contributed by atoms with Crippen LogP contribution in [0.25, 0.3) is 22.3 Å². The molecule has 1 aromatic heterocycles. The summed E-state index contributed by atoms with van der Waals surface area (Å²) in [6.07, 6.45) is 0. The number of fused-ring (bicyclic) bond motifs is 2. The molecule has 0 aliphatic carbocycles. The monoisotopic (exact) mass is 482 g/mol. The van der Waals surface area contributed by atoms with Crippen LogP contribution in [0.5, 0.6) is 0 Å². The largest absolute Gasteiger partial charge is 0.478 e. The van der Waals surface area contributed by atoms with Crippen molar-refractivity contribution < 1.29 is 19.1 Å². The van der Waals surface area contributed by atoms with Crippen LogP contribution < -0.4 is 10.7 Å². The molecule has 0 spiro atoms. The number of amides is 1. The number of carboxylic acids is 1. The third-order valence-corrected chi connectivity index (χ3v) is 6.74. The zero-order chi connectivity index (χ0) is 25.7. The number of carbonyl (C=O) groups excluding carboxylic acids is 1. The van der Waals surface area contributed by atoms with Crippen molar-refractivity contribution in [2.24, 2.45) is 0 Å². The van der Waals surface area contributed by atoms with E-state index >= 15 is 0 Å². The molecule has 1 aliphatic heterocycles. The van der Waals surface area contributed by atoms with E-state index < -0.39 is 5.97 Å². The molecule has 7 heteroatoms. The number of hydrogen-bond donors (Lipinski definition) is 2. The molecule has 7 nitrogen and oxygen atoms in total. The summed E-state index contributed by atoms with van der Waals surface area (Å²) in [5, 5.41) is 13.3. The molecule has 0 radical (unpaired) electrons. The predicted octanol–water partition coefficient (Wildman–Crippen LogP) is 5.53. The minimum Gasteiger partial charge on any atom is -0.478 e. The molecule has 182 valence electrons. The molecule has 0 saturated heterocycles. The van der Waals surface area contributed by atoms with Gasteiger partial charge in [-0.25, -0.2) is 4.79 Å². The van der Waals surface area contributed by atoms with Gasteiger partial charge in [0.15, 0.2) is 5.43 Å². The summed E-state index contributed by atoms with van der Waals surface area (Å²) < 4.78 is 6.44. The molecular formula is C29H26N2O5. The lowest BCUT2D eigenvalue weighted by atomic mass is 9.97. The molecule has 1 amide bonds. The van der Waals surface area contributed by atoms with Crippen molar-refractivity contribution in [3.8, 4) is 11.3 Å². The highest BCUT2D eigenvalue weighted by Crippen LogP contribution is 2.34. The first-order valence-corrected chi connectivity index (χ1v) is 11.7. The van der Waals surface area contributed by atoms with E-state index in [1.165, 1.54) is 0 Å². The van der Waals surface area contributed by atoms with Crippen molar-refractivity contribution in [2.45, 2.75) is 33.4 Å². The first-order valence-electron chi connectivity index (χ1n) is 11.7. The second-order valence-electron chi connectivity index (χ2n) is 9.37. The maximum atomic E-state index is 13.5. The zero-order valence-electron chi connectivity index (χ0n) is 20.5. The summed E-state index contributed by atoms with van der Waals surface area (Å²) in [6, 6.07) is 15.6. The molecule has 0 unspecified atom stereocenters. The van der Waals surface area contributed by atoms with E-state index in [1.54, 1.807) is 49.2 Å². The molecule has 3 aromatic carbocycles. The lowest BCUT2D eigenvalue weighted by molar-refractivity contribution is 0.0697. The molecule has 36 heavy (non-hydrogen) atoms. The number of rotatable bonds is 5. The summed E-state index contributed by atoms with van der Waals surface area (Å²) in [4.78, 5) is 39.1. The van der Waals surface area contributed by atoms with Gasteiger partial charge < -0.3 is 19.7 Å². The van der Waals surface area contributed by atoms with E-state index in [4.69, 9.17) is 4.42 Å². The Labute approximate surface area is 208 Å². The van der Waals surface area contributed by atoms with E-state index in [1.807, 2.05) is 38.1 Å². The van der Waals surface area contributed by atoms with Crippen LogP contribution in [0.3, 0.4) is 0 Å². The number of benzene rings is 3. The van der Waals surface area contributed by atoms with E-state index in [9.17, 15) is 19.5 Å². The fourth-order valence-electron chi connectivity index (χ4n) is 4.88. The van der Waals surface area contributed by atoms with Gasteiger partial charge in [0, 0.05) is 41.5 Å². The summed E-state index contributed by atoms with van der Waals surface area (Å²) >= 11 is 0. The van der Waals surface area contributed by atoms with Crippen LogP contribution in [0.15, 0.2) is 63.8 Å². The minimum atomic E-state index is -1.02. The van der Waals surface area contributed by atoms with Crippen LogP contribution in [-0.2, 0) is 6.54 Å². The van der Waals surface area contributed by atoms with E-state index in [0.717, 1.165) is 22.3 Å². The lowest BCUT2D eigenvalue weighted by Gasteiger charge is -2.20. The Balaban J connectivity index is 1.65. The third kappa shape index (κ3) is 3.82. The summed E-state index contributed by atoms with van der Waals surface area (Å²) in [5.74, 6) is -0.586. The molecule has 0 bridgehead atoms. The summed E-state index contributed by atoms with van der Waals surface area (Å²) in [6.45, 7) is 6.08. The van der Waals surface area contributed by atoms with Gasteiger partial charge in [0.05, 0.1) is 17.0 Å². The maximum absolute atomic E-state index is 13.5. The first kappa shape index (κ1) is 23.4. The number of aryl methyl sites for hydroxylation is 1. The van der Waals surface area contributed by atoms with Crippen molar-refractivity contribution in [1.29, 1.82) is 0 Å². The minimum absolute atomic E-state index is 0.0208. The number of carboxylic acid groups (broad SMARTS) is 1. The number of carbonyl (C=O) groups is 2. The molecule has 0 fully saturated rings. The van der Waals surface area contributed by atoms with Crippen LogP contribution in [0.2, 0.25) is 0 Å². The zero-order valence-corrected chi connectivity index (χ0v) is 20.5. The molecular weight excluding hydrogens is 456 g/mol. The number of hydrogen-bond acceptors (Lipinski definition) is 5. The van der Waals surface area contributed by atoms with Gasteiger partial charge in [-0.2, -0.15) is 0 Å². The summed E-state index contributed by atoms with van der Waals surface area (Å²) in [7, 11) is 1.76. The topological polar surface area (TPSA) is 99.8 Å². The van der Waals surface area contributed by atoms with Crippen LogP contribution in [0.1, 0.15) is 55.9 Å². The standard InChI is InChI=1S/C29H26N2O5/c1-15-11-22(17(3)30-24-8-6-5-7-21(24)29(34)35)27-23(12-15)25(32)16(2)26(36-27)18-9-10-20-19(13-18)14-31(4)28(20)33/h5-13,17,30H,14H2,1-4H3,(H,34,35)/t17-/m0/s1. The third-order valence-electron chi connectivity index (χ3n) is 6.74. The quantitative estimate of drug-likeness (QED) is 0.388. The Bertz CT molecular complexity index is 1620. The van der Waals surface area contributed by atoms with Gasteiger partial charge in [0.25, 0.3) is 5.91 Å². The molecule has 1 atom stereocenters. The van der Waals surface area contributed by atoms with Gasteiger partial charge in [-0.05, 0) is 62.2 Å². The van der Waals surface area contributed by atoms with Crippen LogP contribution in [0, 0.1) is 13.8 Å². The smallest absolute Gasteiger partial charge is 0.337 e. The first-order chi connectivity index (χ1) is 17.2. The van der Waals surface area contributed by atoms with Gasteiger partial charge in [-0.15, -0.1) is 0 Å². The second kappa shape index (κ2) is 8.68. The van der Waals surface area contributed by atoms with E-state index in [-0.39, 0.29) is 22.9 Å². The van der Waals surface area contributed by atoms with Gasteiger partial charge in [-0.1, -0.05) is 24.3 Å². The number of para-hydroxylation sites is 1. The normalized spacial score (nSPS) is 13.7. The molecule has 2 heterocycles. The Morgan fingerprint density at radius 2 is 1.83 bits per heavy atom. The fourth-order valence-corrected chi connectivity index (χ4v) is 4.88. The molecule has 4 aromatic rings. The van der Waals surface area contributed by atoms with Crippen molar-refractivity contribution in [3.63, 3.8) is 0 Å². The SMILES string of the molecule is Cc1cc([C@H](C)Nc2ccccc2C(=O)O)c2oc(-c3ccc4c(c3)CN(C)C4=O)c(C)c(=O)c2c1. The highest BCUT2D eigenvalue weighted by molar-refractivity contribution is 5.99. The molecule has 1 aliphatic rings. The van der Waals surface area contributed by atoms with Gasteiger partial charge in [0.1, 0.15) is 11.3 Å². The number of nitrogens with one attached hydrogen (secondary N) is 1. The predicted molar refractivity (Wildman–Crippen MR) is 139 cm³/mol. The Morgan fingerprint density at radius 1 is 1.08 bits per heavy atom. The summed E-state index contributed by atoms with van der Waals surface area (Å²) in [5.41, 5.74) is 5.41. The number of nitrogens with zero attached hydrogens (tertiary/aromatic N) is 1. The van der Waals surface area contributed by atoms with Crippen molar-refractivity contribution in [3.05, 3.63) is 98.2 Å². The number of aromatic carboxylic acids is 1. The number of anilines is 1. The van der Waals surface area contributed by atoms with Crippen molar-refractivity contribution in [2.75, 3.05) is 12.4 Å². The van der Waals surface area contributed by atoms with Crippen molar-refractivity contribution >= 4 is 28.5 Å². The van der Waals surface area contributed by atoms with Gasteiger partial charge in [0.2, 0.25) is 0 Å². The van der Waals surface area contributed by atoms with Crippen LogP contribution in [0.4, 0.5) is 5.69 Å². The average Bonchev–Trinajstić information content (AvgIpc) is 3.14. The molecule has 5 rings (SSSR count). The van der Waals surface area contributed by atoms with Crippen LogP contribution in [-0.4, -0.2) is 28.9 Å². The average molecular weight is 483 g/mol. The lowest BCUT2D eigenvalue weighted by Crippen LogP contribution is -2.17. The van der Waals surface area contributed by atoms with E-state index in [0.29, 0.717) is 40.1 Å².